The van der Waals surface area contributed by atoms with Crippen LogP contribution in [-0.2, 0) is 9.59 Å². The second-order valence-corrected chi connectivity index (χ2v) is 10.7. The van der Waals surface area contributed by atoms with Gasteiger partial charge in [-0.25, -0.2) is 0 Å². The van der Waals surface area contributed by atoms with E-state index in [0.29, 0.717) is 33.3 Å². The van der Waals surface area contributed by atoms with Crippen molar-refractivity contribution in [3.05, 3.63) is 125 Å². The topological polar surface area (TPSA) is 96.5 Å². The average molecular weight is 586 g/mol. The van der Waals surface area contributed by atoms with Crippen molar-refractivity contribution in [1.82, 2.24) is 5.32 Å². The molecule has 0 radical (unpaired) electrons. The van der Waals surface area contributed by atoms with Crippen LogP contribution in [0.25, 0.3) is 6.08 Å². The fraction of sp³-hybridized carbons (Fsp3) is 0.0938. The summed E-state index contributed by atoms with van der Waals surface area (Å²) in [5, 5.41) is 8.44. The molecule has 0 aromatic heterocycles. The number of carbonyl (C=O) groups excluding carboxylic acids is 3. The van der Waals surface area contributed by atoms with Gasteiger partial charge in [0.1, 0.15) is 11.4 Å². The molecule has 0 aliphatic rings. The third-order valence-corrected chi connectivity index (χ3v) is 7.26. The van der Waals surface area contributed by atoms with Gasteiger partial charge in [0.25, 0.3) is 11.8 Å². The van der Waals surface area contributed by atoms with Crippen LogP contribution in [-0.4, -0.2) is 30.1 Å². The first-order chi connectivity index (χ1) is 19.8. The number of thioether (sulfide) groups is 1. The van der Waals surface area contributed by atoms with Crippen LogP contribution in [0.3, 0.4) is 0 Å². The van der Waals surface area contributed by atoms with Gasteiger partial charge in [0, 0.05) is 16.1 Å². The molecule has 3 N–H and O–H groups in total. The van der Waals surface area contributed by atoms with Crippen molar-refractivity contribution < 1.29 is 19.1 Å². The van der Waals surface area contributed by atoms with Crippen LogP contribution in [0.1, 0.15) is 22.8 Å². The zero-order valence-corrected chi connectivity index (χ0v) is 24.0. The summed E-state index contributed by atoms with van der Waals surface area (Å²) < 4.78 is 5.29. The Balaban J connectivity index is 1.50. The van der Waals surface area contributed by atoms with Gasteiger partial charge in [-0.05, 0) is 73.2 Å². The number of benzene rings is 4. The lowest BCUT2D eigenvalue weighted by atomic mass is 10.1. The molecule has 4 rings (SSSR count). The summed E-state index contributed by atoms with van der Waals surface area (Å²) in [6.45, 7) is 1.79. The van der Waals surface area contributed by atoms with Crippen molar-refractivity contribution in [3.63, 3.8) is 0 Å². The lowest BCUT2D eigenvalue weighted by Gasteiger charge is -2.14. The molecular formula is C32H28ClN3O4S. The number of halogens is 1. The number of ether oxygens (including phenoxy) is 1. The van der Waals surface area contributed by atoms with E-state index < -0.39 is 17.1 Å². The van der Waals surface area contributed by atoms with Crippen molar-refractivity contribution in [3.8, 4) is 5.75 Å². The molecule has 4 aromatic carbocycles. The highest BCUT2D eigenvalue weighted by Crippen LogP contribution is 2.28. The Labute approximate surface area is 248 Å². The van der Waals surface area contributed by atoms with Gasteiger partial charge in [0.15, 0.2) is 0 Å². The van der Waals surface area contributed by atoms with E-state index in [0.717, 1.165) is 4.90 Å². The molecule has 0 heterocycles. The quantitative estimate of drug-likeness (QED) is 0.139. The van der Waals surface area contributed by atoms with Crippen molar-refractivity contribution in [2.24, 2.45) is 0 Å². The minimum absolute atomic E-state index is 0.0534. The summed E-state index contributed by atoms with van der Waals surface area (Å²) in [6.07, 6.45) is 1.58. The zero-order chi connectivity index (χ0) is 29.2. The van der Waals surface area contributed by atoms with Crippen LogP contribution in [0.4, 0.5) is 11.4 Å². The van der Waals surface area contributed by atoms with Gasteiger partial charge in [0.05, 0.1) is 23.1 Å². The average Bonchev–Trinajstić information content (AvgIpc) is 2.98. The normalized spacial score (nSPS) is 11.7. The summed E-state index contributed by atoms with van der Waals surface area (Å²) in [5.41, 5.74) is 2.19. The van der Waals surface area contributed by atoms with Gasteiger partial charge >= 0.3 is 0 Å². The van der Waals surface area contributed by atoms with Crippen LogP contribution in [0.2, 0.25) is 5.02 Å². The summed E-state index contributed by atoms with van der Waals surface area (Å²) in [7, 11) is 1.56. The molecule has 1 unspecified atom stereocenters. The molecule has 208 valence electrons. The summed E-state index contributed by atoms with van der Waals surface area (Å²) >= 11 is 7.50. The van der Waals surface area contributed by atoms with E-state index in [2.05, 4.69) is 16.0 Å². The number of hydrogen-bond donors (Lipinski definition) is 3. The Morgan fingerprint density at radius 3 is 2.34 bits per heavy atom. The minimum atomic E-state index is -0.510. The Morgan fingerprint density at radius 2 is 1.59 bits per heavy atom. The van der Waals surface area contributed by atoms with E-state index in [4.69, 9.17) is 16.3 Å². The maximum Gasteiger partial charge on any atom is 0.272 e. The van der Waals surface area contributed by atoms with E-state index in [-0.39, 0.29) is 11.6 Å². The maximum absolute atomic E-state index is 13.4. The largest absolute Gasteiger partial charge is 0.497 e. The molecule has 0 aliphatic heterocycles. The van der Waals surface area contributed by atoms with Crippen molar-refractivity contribution in [2.45, 2.75) is 17.1 Å². The number of nitrogens with one attached hydrogen (secondary N) is 3. The predicted molar refractivity (Wildman–Crippen MR) is 165 cm³/mol. The smallest absolute Gasteiger partial charge is 0.272 e. The predicted octanol–water partition coefficient (Wildman–Crippen LogP) is 6.88. The van der Waals surface area contributed by atoms with Crippen LogP contribution in [0, 0.1) is 0 Å². The number of para-hydroxylation sites is 1. The van der Waals surface area contributed by atoms with Crippen LogP contribution in [0.15, 0.2) is 114 Å². The Morgan fingerprint density at radius 1 is 0.854 bits per heavy atom. The van der Waals surface area contributed by atoms with E-state index in [1.54, 1.807) is 111 Å². The fourth-order valence-corrected chi connectivity index (χ4v) is 4.85. The highest BCUT2D eigenvalue weighted by molar-refractivity contribution is 8.00. The van der Waals surface area contributed by atoms with Gasteiger partial charge in [-0.2, -0.15) is 0 Å². The van der Waals surface area contributed by atoms with Crippen LogP contribution in [0.5, 0.6) is 5.75 Å². The maximum atomic E-state index is 13.4. The molecule has 0 aliphatic carbocycles. The first-order valence-corrected chi connectivity index (χ1v) is 13.9. The highest BCUT2D eigenvalue weighted by atomic mass is 35.5. The molecule has 0 saturated heterocycles. The first kappa shape index (κ1) is 29.5. The molecule has 4 aromatic rings. The standard InChI is InChI=1S/C32H28ClN3O4S/c1-21(30(37)35-28-17-7-6-16-27(28)33)41-26-15-9-13-24(20-26)34-32(39)29(19-22-10-8-14-25(18-22)40-2)36-31(38)23-11-4-3-5-12-23/h3-21H,1-2H3,(H,34,39)(H,35,37)(H,36,38)/b29-19-. The highest BCUT2D eigenvalue weighted by Gasteiger charge is 2.18. The van der Waals surface area contributed by atoms with Crippen LogP contribution < -0.4 is 20.7 Å². The second kappa shape index (κ2) is 14.2. The lowest BCUT2D eigenvalue weighted by molar-refractivity contribution is -0.115. The fourth-order valence-electron chi connectivity index (χ4n) is 3.74. The number of hydrogen-bond acceptors (Lipinski definition) is 5. The van der Waals surface area contributed by atoms with E-state index in [1.807, 2.05) is 12.1 Å². The molecular weight excluding hydrogens is 558 g/mol. The zero-order valence-electron chi connectivity index (χ0n) is 22.4. The molecule has 0 bridgehead atoms. The summed E-state index contributed by atoms with van der Waals surface area (Å²) in [5.74, 6) is -0.517. The molecule has 9 heteroatoms. The molecule has 41 heavy (non-hydrogen) atoms. The molecule has 3 amide bonds. The number of rotatable bonds is 10. The van der Waals surface area contributed by atoms with E-state index in [1.165, 1.54) is 11.8 Å². The third-order valence-electron chi connectivity index (χ3n) is 5.84. The molecule has 0 spiro atoms. The molecule has 7 nitrogen and oxygen atoms in total. The van der Waals surface area contributed by atoms with Gasteiger partial charge in [-0.15, -0.1) is 11.8 Å². The van der Waals surface area contributed by atoms with Crippen molar-refractivity contribution in [2.75, 3.05) is 17.7 Å². The third kappa shape index (κ3) is 8.48. The van der Waals surface area contributed by atoms with Crippen molar-refractivity contribution in [1.29, 1.82) is 0 Å². The van der Waals surface area contributed by atoms with E-state index >= 15 is 0 Å². The molecule has 1 atom stereocenters. The number of anilines is 2. The summed E-state index contributed by atoms with van der Waals surface area (Å²) in [6, 6.07) is 30.0. The Bertz CT molecular complexity index is 1580. The lowest BCUT2D eigenvalue weighted by Crippen LogP contribution is -2.30. The van der Waals surface area contributed by atoms with Crippen LogP contribution >= 0.6 is 23.4 Å². The number of carbonyl (C=O) groups is 3. The van der Waals surface area contributed by atoms with Gasteiger partial charge < -0.3 is 20.7 Å². The van der Waals surface area contributed by atoms with Crippen molar-refractivity contribution >= 4 is 58.5 Å². The van der Waals surface area contributed by atoms with Gasteiger partial charge in [-0.1, -0.05) is 60.1 Å². The summed E-state index contributed by atoms with van der Waals surface area (Å²) in [4.78, 5) is 39.8. The van der Waals surface area contributed by atoms with Gasteiger partial charge in [-0.3, -0.25) is 14.4 Å². The molecule has 0 saturated carbocycles. The Hall–Kier alpha value is -4.53. The van der Waals surface area contributed by atoms with Gasteiger partial charge in [0.2, 0.25) is 5.91 Å². The first-order valence-electron chi connectivity index (χ1n) is 12.7. The Kier molecular flexibility index (Phi) is 10.2. The van der Waals surface area contributed by atoms with E-state index in [9.17, 15) is 14.4 Å². The monoisotopic (exact) mass is 585 g/mol. The second-order valence-electron chi connectivity index (χ2n) is 8.87. The molecule has 0 fully saturated rings. The number of methoxy groups -OCH3 is 1. The SMILES string of the molecule is COc1cccc(/C=C(\NC(=O)c2ccccc2)C(=O)Nc2cccc(SC(C)C(=O)Nc3ccccc3Cl)c2)c1. The number of amides is 3. The minimum Gasteiger partial charge on any atom is -0.497 e.